The van der Waals surface area contributed by atoms with Gasteiger partial charge in [0.25, 0.3) is 5.91 Å². The zero-order chi connectivity index (χ0) is 41.0. The number of nitrogens with two attached hydrogens (primary N) is 2. The molecule has 0 spiro atoms. The Hall–Kier alpha value is -4.12. The fourth-order valence-corrected chi connectivity index (χ4v) is 5.29. The Kier molecular flexibility index (Phi) is 24.3. The van der Waals surface area contributed by atoms with Crippen molar-refractivity contribution < 1.29 is 64.7 Å². The first-order valence-electron chi connectivity index (χ1n) is 17.8. The van der Waals surface area contributed by atoms with E-state index >= 15 is 0 Å². The maximum Gasteiger partial charge on any atom is 0.275 e. The van der Waals surface area contributed by atoms with E-state index in [0.717, 1.165) is 12.1 Å². The molecule has 17 nitrogen and oxygen atoms in total. The summed E-state index contributed by atoms with van der Waals surface area (Å²) in [7, 11) is -3.91. The van der Waals surface area contributed by atoms with Gasteiger partial charge in [-0.05, 0) is 61.9 Å². The number of carbonyl (C=O) groups excluding carboxylic acids is 2. The Morgan fingerprint density at radius 2 is 1.21 bits per heavy atom. The lowest BCUT2D eigenvalue weighted by Gasteiger charge is -2.11. The van der Waals surface area contributed by atoms with Crippen molar-refractivity contribution in [2.75, 3.05) is 106 Å². The molecule has 0 bridgehead atoms. The molecule has 56 heavy (non-hydrogen) atoms. The van der Waals surface area contributed by atoms with E-state index in [2.05, 4.69) is 15.0 Å². The molecule has 0 radical (unpaired) electrons. The molecule has 2 amide bonds. The number of aliphatic imine (C=N–C) groups is 1. The number of hydrogen-bond donors (Lipinski definition) is 4. The first-order valence-corrected chi connectivity index (χ1v) is 19.3. The molecule has 2 rings (SSSR count). The summed E-state index contributed by atoms with van der Waals surface area (Å²) in [5.41, 5.74) is 10.4. The van der Waals surface area contributed by atoms with E-state index in [0.29, 0.717) is 72.6 Å². The number of guanidine groups is 1. The van der Waals surface area contributed by atoms with E-state index in [9.17, 15) is 26.8 Å². The lowest BCUT2D eigenvalue weighted by molar-refractivity contribution is -0.122. The molecule has 6 N–H and O–H groups in total. The molecule has 2 aromatic rings. The third kappa shape index (κ3) is 21.3. The van der Waals surface area contributed by atoms with Gasteiger partial charge in [-0.3, -0.25) is 9.59 Å². The minimum atomic E-state index is -3.91. The first kappa shape index (κ1) is 48.0. The summed E-state index contributed by atoms with van der Waals surface area (Å²) < 4.78 is 99.9. The average molecular weight is 818 g/mol. The van der Waals surface area contributed by atoms with Gasteiger partial charge >= 0.3 is 0 Å². The van der Waals surface area contributed by atoms with Crippen molar-refractivity contribution in [3.63, 3.8) is 0 Å². The molecule has 20 heteroatoms. The standard InChI is InChI=1S/C36H53F2N5O12S/c1-3-48-14-15-52-22-23-53-19-16-49-11-8-33(44)41-9-12-50-17-20-54-21-18-51-13-10-42-56(46,47)30-6-4-29(5-7-30)55-34-31(37)25-28(26-32(34)38)24-27(2)35(45)43-36(39)40/h4-7,24-26,42H,3,8-23H2,1-2H3,(H,41,44)(H4,39,40,43,45)/b27-24+. The van der Waals surface area contributed by atoms with Crippen LogP contribution in [-0.2, 0) is 52.8 Å². The van der Waals surface area contributed by atoms with Crippen LogP contribution in [-0.4, -0.2) is 132 Å². The monoisotopic (exact) mass is 817 g/mol. The largest absolute Gasteiger partial charge is 0.451 e. The Morgan fingerprint density at radius 1 is 0.732 bits per heavy atom. The summed E-state index contributed by atoms with van der Waals surface area (Å²) in [5, 5.41) is 2.74. The third-order valence-electron chi connectivity index (χ3n) is 6.97. The van der Waals surface area contributed by atoms with Gasteiger partial charge in [0.15, 0.2) is 23.3 Å². The number of halogens is 2. The van der Waals surface area contributed by atoms with Crippen molar-refractivity contribution in [2.45, 2.75) is 25.2 Å². The first-order chi connectivity index (χ1) is 26.9. The van der Waals surface area contributed by atoms with E-state index < -0.39 is 39.3 Å². The summed E-state index contributed by atoms with van der Waals surface area (Å²) >= 11 is 0. The zero-order valence-electron chi connectivity index (χ0n) is 31.7. The van der Waals surface area contributed by atoms with Crippen LogP contribution in [0.1, 0.15) is 25.8 Å². The van der Waals surface area contributed by atoms with Crippen LogP contribution >= 0.6 is 0 Å². The van der Waals surface area contributed by atoms with E-state index in [1.807, 2.05) is 6.92 Å². The quantitative estimate of drug-likeness (QED) is 0.0369. The van der Waals surface area contributed by atoms with Crippen LogP contribution in [0.25, 0.3) is 6.08 Å². The minimum absolute atomic E-state index is 0.0177. The minimum Gasteiger partial charge on any atom is -0.451 e. The second-order valence-electron chi connectivity index (χ2n) is 11.4. The van der Waals surface area contributed by atoms with Gasteiger partial charge in [0, 0.05) is 31.7 Å². The van der Waals surface area contributed by atoms with Gasteiger partial charge in [-0.1, -0.05) is 0 Å². The molecule has 0 unspecified atom stereocenters. The number of nitrogens with zero attached hydrogens (tertiary/aromatic N) is 1. The van der Waals surface area contributed by atoms with Gasteiger partial charge in [0.1, 0.15) is 5.75 Å². The SMILES string of the molecule is CCOCCOCCOCCOCCC(=O)NCCOCCOCCOCCNS(=O)(=O)c1ccc(Oc2c(F)cc(/C=C(\C)C(=O)N=C(N)N)cc2F)cc1. The highest BCUT2D eigenvalue weighted by Gasteiger charge is 2.17. The van der Waals surface area contributed by atoms with Crippen LogP contribution in [0, 0.1) is 11.6 Å². The highest BCUT2D eigenvalue weighted by atomic mass is 32.2. The van der Waals surface area contributed by atoms with Crippen LogP contribution in [0.5, 0.6) is 11.5 Å². The van der Waals surface area contributed by atoms with Gasteiger partial charge in [-0.2, -0.15) is 4.99 Å². The number of sulfonamides is 1. The Labute approximate surface area is 326 Å². The molecule has 0 aliphatic heterocycles. The maximum atomic E-state index is 14.7. The number of benzene rings is 2. The third-order valence-corrected chi connectivity index (χ3v) is 8.45. The summed E-state index contributed by atoms with van der Waals surface area (Å²) in [6.45, 7) is 8.97. The number of hydrogen-bond acceptors (Lipinski definition) is 12. The lowest BCUT2D eigenvalue weighted by Crippen LogP contribution is -2.28. The highest BCUT2D eigenvalue weighted by Crippen LogP contribution is 2.30. The summed E-state index contributed by atoms with van der Waals surface area (Å²) in [4.78, 5) is 27.0. The molecule has 0 aromatic heterocycles. The Bertz CT molecular complexity index is 1610. The molecular weight excluding hydrogens is 764 g/mol. The molecule has 0 saturated heterocycles. The zero-order valence-corrected chi connectivity index (χ0v) is 32.5. The van der Waals surface area contributed by atoms with E-state index in [1.165, 1.54) is 37.3 Å². The molecule has 0 aliphatic carbocycles. The van der Waals surface area contributed by atoms with Gasteiger partial charge in [0.05, 0.1) is 90.8 Å². The molecule has 0 aliphatic rings. The number of rotatable bonds is 31. The van der Waals surface area contributed by atoms with Gasteiger partial charge in [0.2, 0.25) is 15.9 Å². The molecule has 2 aromatic carbocycles. The highest BCUT2D eigenvalue weighted by molar-refractivity contribution is 7.89. The number of ether oxygens (including phenoxy) is 8. The van der Waals surface area contributed by atoms with Gasteiger partial charge in [-0.15, -0.1) is 0 Å². The van der Waals surface area contributed by atoms with Crippen molar-refractivity contribution in [3.05, 3.63) is 59.2 Å². The Morgan fingerprint density at radius 3 is 1.73 bits per heavy atom. The predicted octanol–water partition coefficient (Wildman–Crippen LogP) is 1.88. The molecule has 0 heterocycles. The second kappa shape index (κ2) is 28.3. The van der Waals surface area contributed by atoms with Crippen molar-refractivity contribution in [1.29, 1.82) is 0 Å². The fraction of sp³-hybridized carbons (Fsp3) is 0.528. The van der Waals surface area contributed by atoms with Crippen LogP contribution in [0.2, 0.25) is 0 Å². The average Bonchev–Trinajstić information content (AvgIpc) is 3.15. The van der Waals surface area contributed by atoms with E-state index in [1.54, 1.807) is 0 Å². The van der Waals surface area contributed by atoms with Crippen LogP contribution < -0.4 is 26.2 Å². The van der Waals surface area contributed by atoms with E-state index in [-0.39, 0.29) is 67.1 Å². The fourth-order valence-electron chi connectivity index (χ4n) is 4.28. The van der Waals surface area contributed by atoms with Crippen LogP contribution in [0.15, 0.2) is 51.9 Å². The van der Waals surface area contributed by atoms with Crippen molar-refractivity contribution in [3.8, 4) is 11.5 Å². The molecule has 0 saturated carbocycles. The van der Waals surface area contributed by atoms with E-state index in [4.69, 9.17) is 49.4 Å². The van der Waals surface area contributed by atoms with Crippen molar-refractivity contribution in [1.82, 2.24) is 10.0 Å². The normalized spacial score (nSPS) is 11.8. The summed E-state index contributed by atoms with van der Waals surface area (Å²) in [6.07, 6.45) is 1.43. The molecular formula is C36H53F2N5O12S. The molecule has 0 atom stereocenters. The lowest BCUT2D eigenvalue weighted by atomic mass is 10.1. The van der Waals surface area contributed by atoms with Crippen molar-refractivity contribution >= 4 is 33.9 Å². The topological polar surface area (TPSA) is 231 Å². The van der Waals surface area contributed by atoms with Gasteiger partial charge < -0.3 is 54.7 Å². The smallest absolute Gasteiger partial charge is 0.275 e. The van der Waals surface area contributed by atoms with Crippen LogP contribution in [0.3, 0.4) is 0 Å². The predicted molar refractivity (Wildman–Crippen MR) is 202 cm³/mol. The number of carbonyl (C=O) groups is 2. The summed E-state index contributed by atoms with van der Waals surface area (Å²) in [6, 6.07) is 6.83. The summed E-state index contributed by atoms with van der Waals surface area (Å²) in [5.74, 6) is -4.22. The second-order valence-corrected chi connectivity index (χ2v) is 13.2. The van der Waals surface area contributed by atoms with Crippen LogP contribution in [0.4, 0.5) is 8.78 Å². The number of amides is 2. The van der Waals surface area contributed by atoms with Crippen molar-refractivity contribution in [2.24, 2.45) is 16.5 Å². The number of nitrogens with one attached hydrogen (secondary N) is 2. The molecule has 0 fully saturated rings. The van der Waals surface area contributed by atoms with Gasteiger partial charge in [-0.25, -0.2) is 21.9 Å². The molecule has 314 valence electrons. The maximum absolute atomic E-state index is 14.7. The Balaban J connectivity index is 1.51.